The Morgan fingerprint density at radius 2 is 2.21 bits per heavy atom. The first-order chi connectivity index (χ1) is 9.04. The standard InChI is InChI=1S/C15H18BrN3/c1-9(2)5-13-12-4-3-11(16)6-10(12)8-19-14(13)7-15(17)18-19/h3-4,6-7,9,13H,5,8H2,1-2H3,(H2,17,18). The first-order valence-corrected chi connectivity index (χ1v) is 7.45. The first-order valence-electron chi connectivity index (χ1n) is 6.66. The van der Waals surface area contributed by atoms with Gasteiger partial charge in [0.1, 0.15) is 5.82 Å². The summed E-state index contributed by atoms with van der Waals surface area (Å²) >= 11 is 3.55. The van der Waals surface area contributed by atoms with Gasteiger partial charge in [-0.3, -0.25) is 4.68 Å². The van der Waals surface area contributed by atoms with Crippen LogP contribution in [-0.4, -0.2) is 9.78 Å². The van der Waals surface area contributed by atoms with Gasteiger partial charge in [-0.1, -0.05) is 35.8 Å². The molecule has 2 N–H and O–H groups in total. The summed E-state index contributed by atoms with van der Waals surface area (Å²) in [6.45, 7) is 5.34. The molecule has 0 radical (unpaired) electrons. The van der Waals surface area contributed by atoms with E-state index < -0.39 is 0 Å². The van der Waals surface area contributed by atoms with Gasteiger partial charge in [-0.05, 0) is 35.6 Å². The van der Waals surface area contributed by atoms with Crippen molar-refractivity contribution in [1.82, 2.24) is 9.78 Å². The van der Waals surface area contributed by atoms with Crippen molar-refractivity contribution in [3.8, 4) is 0 Å². The van der Waals surface area contributed by atoms with Gasteiger partial charge in [0.25, 0.3) is 0 Å². The maximum absolute atomic E-state index is 5.87. The van der Waals surface area contributed by atoms with Crippen LogP contribution in [-0.2, 0) is 6.54 Å². The van der Waals surface area contributed by atoms with Crippen LogP contribution in [0.3, 0.4) is 0 Å². The molecule has 0 fully saturated rings. The monoisotopic (exact) mass is 319 g/mol. The fourth-order valence-electron chi connectivity index (χ4n) is 2.95. The van der Waals surface area contributed by atoms with Gasteiger partial charge >= 0.3 is 0 Å². The molecule has 0 saturated heterocycles. The molecule has 0 spiro atoms. The lowest BCUT2D eigenvalue weighted by atomic mass is 9.83. The summed E-state index contributed by atoms with van der Waals surface area (Å²) in [6, 6.07) is 8.59. The van der Waals surface area contributed by atoms with Crippen LogP contribution >= 0.6 is 15.9 Å². The Morgan fingerprint density at radius 1 is 1.42 bits per heavy atom. The molecule has 19 heavy (non-hydrogen) atoms. The molecule has 1 unspecified atom stereocenters. The van der Waals surface area contributed by atoms with Gasteiger partial charge in [0.15, 0.2) is 0 Å². The average Bonchev–Trinajstić information content (AvgIpc) is 2.68. The van der Waals surface area contributed by atoms with Crippen molar-refractivity contribution in [2.45, 2.75) is 32.7 Å². The Morgan fingerprint density at radius 3 is 2.95 bits per heavy atom. The number of hydrogen-bond acceptors (Lipinski definition) is 2. The van der Waals surface area contributed by atoms with Gasteiger partial charge in [-0.25, -0.2) is 0 Å². The van der Waals surface area contributed by atoms with E-state index in [0.717, 1.165) is 17.4 Å². The predicted octanol–water partition coefficient (Wildman–Crippen LogP) is 3.77. The Bertz CT molecular complexity index is 616. The highest BCUT2D eigenvalue weighted by Gasteiger charge is 2.27. The third-order valence-electron chi connectivity index (χ3n) is 3.69. The van der Waals surface area contributed by atoms with Gasteiger partial charge in [0.05, 0.1) is 6.54 Å². The van der Waals surface area contributed by atoms with Crippen molar-refractivity contribution >= 4 is 21.7 Å². The molecule has 2 heterocycles. The van der Waals surface area contributed by atoms with Crippen molar-refractivity contribution in [3.63, 3.8) is 0 Å². The molecule has 3 rings (SSSR count). The number of nitrogens with zero attached hydrogens (tertiary/aromatic N) is 2. The van der Waals surface area contributed by atoms with Crippen molar-refractivity contribution in [2.24, 2.45) is 5.92 Å². The summed E-state index contributed by atoms with van der Waals surface area (Å²) in [5, 5.41) is 4.42. The van der Waals surface area contributed by atoms with Crippen LogP contribution in [0.5, 0.6) is 0 Å². The van der Waals surface area contributed by atoms with Gasteiger partial charge < -0.3 is 5.73 Å². The van der Waals surface area contributed by atoms with Gasteiger partial charge in [-0.2, -0.15) is 5.10 Å². The smallest absolute Gasteiger partial charge is 0.145 e. The average molecular weight is 320 g/mol. The van der Waals surface area contributed by atoms with Crippen molar-refractivity contribution in [2.75, 3.05) is 5.73 Å². The van der Waals surface area contributed by atoms with Gasteiger partial charge in [0, 0.05) is 22.2 Å². The van der Waals surface area contributed by atoms with E-state index in [9.17, 15) is 0 Å². The summed E-state index contributed by atoms with van der Waals surface area (Å²) < 4.78 is 3.18. The molecular weight excluding hydrogens is 302 g/mol. The molecule has 0 aliphatic carbocycles. The molecule has 3 nitrogen and oxygen atoms in total. The number of halogens is 1. The number of nitrogen functional groups attached to an aromatic ring is 1. The van der Waals surface area contributed by atoms with E-state index in [0.29, 0.717) is 17.7 Å². The topological polar surface area (TPSA) is 43.8 Å². The second-order valence-corrected chi connectivity index (χ2v) is 6.59. The van der Waals surface area contributed by atoms with Gasteiger partial charge in [0.2, 0.25) is 0 Å². The van der Waals surface area contributed by atoms with Gasteiger partial charge in [-0.15, -0.1) is 0 Å². The molecular formula is C15H18BrN3. The zero-order chi connectivity index (χ0) is 13.6. The Labute approximate surface area is 121 Å². The molecule has 0 amide bonds. The van der Waals surface area contributed by atoms with E-state index in [1.54, 1.807) is 0 Å². The van der Waals surface area contributed by atoms with Crippen molar-refractivity contribution < 1.29 is 0 Å². The predicted molar refractivity (Wildman–Crippen MR) is 81.2 cm³/mol. The minimum Gasteiger partial charge on any atom is -0.382 e. The zero-order valence-electron chi connectivity index (χ0n) is 11.2. The summed E-state index contributed by atoms with van der Waals surface area (Å²) in [4.78, 5) is 0. The third-order valence-corrected chi connectivity index (χ3v) is 4.19. The molecule has 0 bridgehead atoms. The minimum atomic E-state index is 0.404. The van der Waals surface area contributed by atoms with E-state index in [4.69, 9.17) is 5.73 Å². The van der Waals surface area contributed by atoms with Crippen LogP contribution in [0.15, 0.2) is 28.7 Å². The lowest BCUT2D eigenvalue weighted by Crippen LogP contribution is -2.20. The van der Waals surface area contributed by atoms with E-state index in [-0.39, 0.29) is 0 Å². The molecule has 2 aromatic rings. The lowest BCUT2D eigenvalue weighted by Gasteiger charge is -2.28. The number of fused-ring (bicyclic) bond motifs is 2. The Balaban J connectivity index is 2.12. The van der Waals surface area contributed by atoms with Crippen LogP contribution < -0.4 is 5.73 Å². The highest BCUT2D eigenvalue weighted by molar-refractivity contribution is 9.10. The largest absolute Gasteiger partial charge is 0.382 e. The highest BCUT2D eigenvalue weighted by Crippen LogP contribution is 2.38. The summed E-state index contributed by atoms with van der Waals surface area (Å²) in [5.41, 5.74) is 9.89. The maximum Gasteiger partial charge on any atom is 0.145 e. The fraction of sp³-hybridized carbons (Fsp3) is 0.400. The minimum absolute atomic E-state index is 0.404. The summed E-state index contributed by atoms with van der Waals surface area (Å²) in [7, 11) is 0. The van der Waals surface area contributed by atoms with Crippen LogP contribution in [0.2, 0.25) is 0 Å². The molecule has 100 valence electrons. The van der Waals surface area contributed by atoms with Crippen LogP contribution in [0.4, 0.5) is 5.82 Å². The van der Waals surface area contributed by atoms with Crippen LogP contribution in [0.1, 0.15) is 43.0 Å². The number of nitrogens with two attached hydrogens (primary N) is 1. The zero-order valence-corrected chi connectivity index (χ0v) is 12.8. The second kappa shape index (κ2) is 4.67. The number of anilines is 1. The third kappa shape index (κ3) is 2.29. The molecule has 0 saturated carbocycles. The Kier molecular flexibility index (Phi) is 3.13. The van der Waals surface area contributed by atoms with Crippen LogP contribution in [0, 0.1) is 5.92 Å². The highest BCUT2D eigenvalue weighted by atomic mass is 79.9. The Hall–Kier alpha value is -1.29. The molecule has 4 heteroatoms. The second-order valence-electron chi connectivity index (χ2n) is 5.68. The molecule has 1 aliphatic heterocycles. The lowest BCUT2D eigenvalue weighted by molar-refractivity contribution is 0.487. The molecule has 1 aromatic heterocycles. The molecule has 1 atom stereocenters. The fourth-order valence-corrected chi connectivity index (χ4v) is 3.36. The SMILES string of the molecule is CC(C)CC1c2ccc(Br)cc2Cn2nc(N)cc21. The van der Waals surface area contributed by atoms with E-state index >= 15 is 0 Å². The normalized spacial score (nSPS) is 17.4. The van der Waals surface area contributed by atoms with E-state index in [1.807, 2.05) is 6.07 Å². The van der Waals surface area contributed by atoms with Crippen molar-refractivity contribution in [3.05, 3.63) is 45.6 Å². The maximum atomic E-state index is 5.87. The summed E-state index contributed by atoms with van der Waals surface area (Å²) in [5.74, 6) is 1.67. The number of rotatable bonds is 2. The molecule has 1 aromatic carbocycles. The first kappa shape index (κ1) is 12.7. The van der Waals surface area contributed by atoms with Crippen molar-refractivity contribution in [1.29, 1.82) is 0 Å². The summed E-state index contributed by atoms with van der Waals surface area (Å²) in [6.07, 6.45) is 1.12. The number of benzene rings is 1. The number of aromatic nitrogens is 2. The van der Waals surface area contributed by atoms with Crippen LogP contribution in [0.25, 0.3) is 0 Å². The van der Waals surface area contributed by atoms with E-state index in [1.165, 1.54) is 16.8 Å². The van der Waals surface area contributed by atoms with E-state index in [2.05, 4.69) is 57.8 Å². The quantitative estimate of drug-likeness (QED) is 0.915. The molecule has 1 aliphatic rings. The number of hydrogen-bond donors (Lipinski definition) is 1.